The molecule has 74 valence electrons. The Hall–Kier alpha value is -0.990. The van der Waals surface area contributed by atoms with Gasteiger partial charge in [0, 0.05) is 12.6 Å². The molecule has 0 bridgehead atoms. The summed E-state index contributed by atoms with van der Waals surface area (Å²) in [5.74, 6) is 0.661. The van der Waals surface area contributed by atoms with Gasteiger partial charge in [-0.3, -0.25) is 0 Å². The first-order chi connectivity index (χ1) is 6.07. The lowest BCUT2D eigenvalue weighted by Gasteiger charge is -2.04. The standard InChI is InChI=1S/C10H18N2O/c1-5-6-8-9(7(2)3)10(13)12(4)11-8/h7,13H,5-6H2,1-4H3. The number of nitrogens with zero attached hydrogens (tertiary/aromatic N) is 2. The van der Waals surface area contributed by atoms with E-state index >= 15 is 0 Å². The van der Waals surface area contributed by atoms with Gasteiger partial charge in [-0.05, 0) is 12.3 Å². The molecule has 0 saturated heterocycles. The Labute approximate surface area is 79.4 Å². The van der Waals surface area contributed by atoms with Gasteiger partial charge in [-0.15, -0.1) is 0 Å². The molecule has 13 heavy (non-hydrogen) atoms. The molecule has 0 fully saturated rings. The van der Waals surface area contributed by atoms with Crippen molar-refractivity contribution in [1.82, 2.24) is 9.78 Å². The summed E-state index contributed by atoms with van der Waals surface area (Å²) >= 11 is 0. The van der Waals surface area contributed by atoms with Crippen LogP contribution in [0.1, 0.15) is 44.4 Å². The van der Waals surface area contributed by atoms with Crippen molar-refractivity contribution in [2.24, 2.45) is 7.05 Å². The van der Waals surface area contributed by atoms with Crippen LogP contribution in [0.4, 0.5) is 0 Å². The molecule has 0 aliphatic carbocycles. The summed E-state index contributed by atoms with van der Waals surface area (Å²) in [6.45, 7) is 6.28. The van der Waals surface area contributed by atoms with Gasteiger partial charge in [0.2, 0.25) is 5.88 Å². The number of aromatic nitrogens is 2. The summed E-state index contributed by atoms with van der Waals surface area (Å²) in [7, 11) is 1.78. The Morgan fingerprint density at radius 3 is 2.54 bits per heavy atom. The molecule has 0 saturated carbocycles. The maximum absolute atomic E-state index is 9.72. The average molecular weight is 182 g/mol. The second-order valence-electron chi connectivity index (χ2n) is 3.71. The number of rotatable bonds is 3. The first kappa shape index (κ1) is 10.1. The van der Waals surface area contributed by atoms with Gasteiger partial charge >= 0.3 is 0 Å². The lowest BCUT2D eigenvalue weighted by molar-refractivity contribution is 0.412. The summed E-state index contributed by atoms with van der Waals surface area (Å²) in [6, 6.07) is 0. The molecule has 1 rings (SSSR count). The van der Waals surface area contributed by atoms with Crippen LogP contribution in [-0.4, -0.2) is 14.9 Å². The van der Waals surface area contributed by atoms with E-state index in [2.05, 4.69) is 25.9 Å². The van der Waals surface area contributed by atoms with Crippen LogP contribution < -0.4 is 0 Å². The van der Waals surface area contributed by atoms with E-state index in [0.29, 0.717) is 11.8 Å². The molecule has 3 heteroatoms. The fourth-order valence-corrected chi connectivity index (χ4v) is 1.60. The summed E-state index contributed by atoms with van der Waals surface area (Å²) in [5, 5.41) is 14.0. The minimum absolute atomic E-state index is 0.318. The van der Waals surface area contributed by atoms with Crippen molar-refractivity contribution in [3.63, 3.8) is 0 Å². The molecule has 1 heterocycles. The Morgan fingerprint density at radius 1 is 1.46 bits per heavy atom. The first-order valence-corrected chi connectivity index (χ1v) is 4.82. The van der Waals surface area contributed by atoms with Crippen molar-refractivity contribution in [2.75, 3.05) is 0 Å². The number of aromatic hydroxyl groups is 1. The molecule has 0 amide bonds. The fourth-order valence-electron chi connectivity index (χ4n) is 1.60. The highest BCUT2D eigenvalue weighted by Crippen LogP contribution is 2.28. The predicted molar refractivity (Wildman–Crippen MR) is 53.0 cm³/mol. The second-order valence-corrected chi connectivity index (χ2v) is 3.71. The van der Waals surface area contributed by atoms with Gasteiger partial charge in [-0.25, -0.2) is 4.68 Å². The molecular weight excluding hydrogens is 164 g/mol. The van der Waals surface area contributed by atoms with E-state index in [4.69, 9.17) is 0 Å². The zero-order chi connectivity index (χ0) is 10.0. The third-order valence-corrected chi connectivity index (χ3v) is 2.19. The number of aryl methyl sites for hydroxylation is 2. The van der Waals surface area contributed by atoms with Crippen LogP contribution in [0.25, 0.3) is 0 Å². The van der Waals surface area contributed by atoms with Crippen LogP contribution in [0.2, 0.25) is 0 Å². The molecule has 0 spiro atoms. The van der Waals surface area contributed by atoms with Crippen molar-refractivity contribution >= 4 is 0 Å². The highest BCUT2D eigenvalue weighted by Gasteiger charge is 2.17. The molecule has 0 aromatic carbocycles. The number of hydrogen-bond acceptors (Lipinski definition) is 2. The molecule has 3 nitrogen and oxygen atoms in total. The van der Waals surface area contributed by atoms with Gasteiger partial charge in [0.05, 0.1) is 5.69 Å². The molecule has 0 unspecified atom stereocenters. The van der Waals surface area contributed by atoms with Crippen LogP contribution in [0.15, 0.2) is 0 Å². The monoisotopic (exact) mass is 182 g/mol. The van der Waals surface area contributed by atoms with E-state index in [1.54, 1.807) is 11.7 Å². The molecule has 0 aliphatic heterocycles. The maximum Gasteiger partial charge on any atom is 0.212 e. The lowest BCUT2D eigenvalue weighted by Crippen LogP contribution is -1.93. The zero-order valence-electron chi connectivity index (χ0n) is 8.83. The Balaban J connectivity index is 3.11. The van der Waals surface area contributed by atoms with Gasteiger partial charge in [0.1, 0.15) is 0 Å². The van der Waals surface area contributed by atoms with Gasteiger partial charge in [-0.1, -0.05) is 27.2 Å². The van der Waals surface area contributed by atoms with Crippen molar-refractivity contribution in [2.45, 2.75) is 39.5 Å². The van der Waals surface area contributed by atoms with E-state index in [9.17, 15) is 5.11 Å². The zero-order valence-corrected chi connectivity index (χ0v) is 8.83. The van der Waals surface area contributed by atoms with Gasteiger partial charge in [-0.2, -0.15) is 5.10 Å². The largest absolute Gasteiger partial charge is 0.493 e. The van der Waals surface area contributed by atoms with E-state index in [-0.39, 0.29) is 0 Å². The highest BCUT2D eigenvalue weighted by atomic mass is 16.3. The van der Waals surface area contributed by atoms with Gasteiger partial charge in [0.15, 0.2) is 0 Å². The normalized spacial score (nSPS) is 11.2. The summed E-state index contributed by atoms with van der Waals surface area (Å²) in [4.78, 5) is 0. The third kappa shape index (κ3) is 1.85. The fraction of sp³-hybridized carbons (Fsp3) is 0.700. The van der Waals surface area contributed by atoms with Crippen LogP contribution in [-0.2, 0) is 13.5 Å². The highest BCUT2D eigenvalue weighted by molar-refractivity contribution is 5.33. The van der Waals surface area contributed by atoms with Crippen molar-refractivity contribution in [1.29, 1.82) is 0 Å². The second kappa shape index (κ2) is 3.81. The summed E-state index contributed by atoms with van der Waals surface area (Å²) in [6.07, 6.45) is 2.01. The van der Waals surface area contributed by atoms with Crippen LogP contribution in [0.5, 0.6) is 5.88 Å². The molecule has 1 N–H and O–H groups in total. The van der Waals surface area contributed by atoms with E-state index in [0.717, 1.165) is 24.1 Å². The molecule has 0 aliphatic rings. The SMILES string of the molecule is CCCc1nn(C)c(O)c1C(C)C. The predicted octanol–water partition coefficient (Wildman–Crippen LogP) is 2.20. The summed E-state index contributed by atoms with van der Waals surface area (Å²) in [5.41, 5.74) is 2.04. The molecule has 1 aromatic heterocycles. The molecule has 0 atom stereocenters. The van der Waals surface area contributed by atoms with Crippen LogP contribution in [0.3, 0.4) is 0 Å². The van der Waals surface area contributed by atoms with E-state index in [1.165, 1.54) is 0 Å². The Kier molecular flexibility index (Phi) is 2.96. The van der Waals surface area contributed by atoms with Crippen molar-refractivity contribution in [3.8, 4) is 5.88 Å². The van der Waals surface area contributed by atoms with E-state index < -0.39 is 0 Å². The van der Waals surface area contributed by atoms with Crippen LogP contribution >= 0.6 is 0 Å². The quantitative estimate of drug-likeness (QED) is 0.778. The van der Waals surface area contributed by atoms with Crippen LogP contribution in [0, 0.1) is 0 Å². The van der Waals surface area contributed by atoms with E-state index in [1.807, 2.05) is 0 Å². The maximum atomic E-state index is 9.72. The smallest absolute Gasteiger partial charge is 0.212 e. The lowest BCUT2D eigenvalue weighted by atomic mass is 10.0. The Morgan fingerprint density at radius 2 is 2.08 bits per heavy atom. The number of hydrogen-bond donors (Lipinski definition) is 1. The van der Waals surface area contributed by atoms with Gasteiger partial charge < -0.3 is 5.11 Å². The van der Waals surface area contributed by atoms with Crippen molar-refractivity contribution in [3.05, 3.63) is 11.3 Å². The topological polar surface area (TPSA) is 38.0 Å². The minimum atomic E-state index is 0.318. The van der Waals surface area contributed by atoms with Crippen molar-refractivity contribution < 1.29 is 5.11 Å². The first-order valence-electron chi connectivity index (χ1n) is 4.82. The Bertz CT molecular complexity index is 289. The average Bonchev–Trinajstić information content (AvgIpc) is 2.28. The van der Waals surface area contributed by atoms with Gasteiger partial charge in [0.25, 0.3) is 0 Å². The molecular formula is C10H18N2O. The third-order valence-electron chi connectivity index (χ3n) is 2.19. The molecule has 1 aromatic rings. The minimum Gasteiger partial charge on any atom is -0.493 e. The summed E-state index contributed by atoms with van der Waals surface area (Å²) < 4.78 is 1.56. The molecule has 0 radical (unpaired) electrons.